The lowest BCUT2D eigenvalue weighted by molar-refractivity contribution is -0.116. The van der Waals surface area contributed by atoms with Gasteiger partial charge in [0.15, 0.2) is 0 Å². The molecular formula is C22H17ClN2O3. The quantitative estimate of drug-likeness (QED) is 0.668. The highest BCUT2D eigenvalue weighted by Gasteiger charge is 2.32. The second-order valence-corrected chi connectivity index (χ2v) is 7.14. The number of rotatable bonds is 4. The van der Waals surface area contributed by atoms with Gasteiger partial charge in [-0.15, -0.1) is 0 Å². The topological polar surface area (TPSA) is 66.5 Å². The molecule has 0 bridgehead atoms. The predicted octanol–water partition coefficient (Wildman–Crippen LogP) is 4.43. The highest BCUT2D eigenvalue weighted by molar-refractivity contribution is 6.31. The van der Waals surface area contributed by atoms with Crippen LogP contribution < -0.4 is 5.32 Å². The highest BCUT2D eigenvalue weighted by Crippen LogP contribution is 2.30. The summed E-state index contributed by atoms with van der Waals surface area (Å²) in [5, 5.41) is 4.83. The zero-order valence-electron chi connectivity index (χ0n) is 15.2. The molecular weight excluding hydrogens is 376 g/mol. The number of amides is 3. The van der Waals surface area contributed by atoms with Crippen molar-refractivity contribution in [2.24, 2.45) is 0 Å². The minimum atomic E-state index is -0.375. The Kier molecular flexibility index (Phi) is 4.61. The van der Waals surface area contributed by atoms with Crippen LogP contribution in [0.1, 0.15) is 32.7 Å². The van der Waals surface area contributed by atoms with E-state index in [2.05, 4.69) is 5.32 Å². The molecule has 0 aliphatic carbocycles. The third-order valence-electron chi connectivity index (χ3n) is 4.87. The number of imide groups is 1. The molecule has 0 saturated heterocycles. The molecule has 1 aliphatic heterocycles. The number of halogens is 1. The molecule has 28 heavy (non-hydrogen) atoms. The molecule has 140 valence electrons. The first-order chi connectivity index (χ1) is 13.5. The second-order valence-electron chi connectivity index (χ2n) is 6.73. The Balaban J connectivity index is 1.51. The van der Waals surface area contributed by atoms with Gasteiger partial charge in [0.1, 0.15) is 0 Å². The molecule has 0 fully saturated rings. The van der Waals surface area contributed by atoms with E-state index >= 15 is 0 Å². The third-order valence-corrected chi connectivity index (χ3v) is 5.28. The van der Waals surface area contributed by atoms with Crippen LogP contribution in [0.5, 0.6) is 0 Å². The van der Waals surface area contributed by atoms with Gasteiger partial charge in [0.2, 0.25) is 5.91 Å². The zero-order valence-corrected chi connectivity index (χ0v) is 15.9. The lowest BCUT2D eigenvalue weighted by atomic mass is 9.94. The number of anilines is 1. The summed E-state index contributed by atoms with van der Waals surface area (Å²) in [6, 6.07) is 16.0. The van der Waals surface area contributed by atoms with Gasteiger partial charge in [0.05, 0.1) is 0 Å². The van der Waals surface area contributed by atoms with E-state index in [1.54, 1.807) is 36.4 Å². The molecule has 3 amide bonds. The van der Waals surface area contributed by atoms with Crippen molar-refractivity contribution >= 4 is 45.8 Å². The van der Waals surface area contributed by atoms with Crippen LogP contribution in [-0.2, 0) is 4.79 Å². The molecule has 1 aliphatic rings. The van der Waals surface area contributed by atoms with Crippen LogP contribution >= 0.6 is 11.6 Å². The van der Waals surface area contributed by atoms with Crippen molar-refractivity contribution in [3.63, 3.8) is 0 Å². The number of hydrogen-bond donors (Lipinski definition) is 1. The third kappa shape index (κ3) is 3.14. The summed E-state index contributed by atoms with van der Waals surface area (Å²) in [6.07, 6.45) is 0.00111. The molecule has 0 saturated carbocycles. The van der Waals surface area contributed by atoms with Crippen molar-refractivity contribution in [3.8, 4) is 0 Å². The van der Waals surface area contributed by atoms with Crippen molar-refractivity contribution in [3.05, 3.63) is 76.3 Å². The molecule has 0 radical (unpaired) electrons. The minimum Gasteiger partial charge on any atom is -0.326 e. The van der Waals surface area contributed by atoms with Crippen LogP contribution in [0.15, 0.2) is 54.6 Å². The van der Waals surface area contributed by atoms with Crippen molar-refractivity contribution in [1.29, 1.82) is 0 Å². The summed E-state index contributed by atoms with van der Waals surface area (Å²) in [4.78, 5) is 39.1. The Hall–Kier alpha value is -3.18. The normalized spacial score (nSPS) is 13.1. The summed E-state index contributed by atoms with van der Waals surface area (Å²) >= 11 is 6.07. The number of benzene rings is 3. The van der Waals surface area contributed by atoms with Gasteiger partial charge >= 0.3 is 0 Å². The zero-order chi connectivity index (χ0) is 19.8. The number of nitrogens with zero attached hydrogens (tertiary/aromatic N) is 1. The van der Waals surface area contributed by atoms with Gasteiger partial charge in [-0.25, -0.2) is 0 Å². The molecule has 0 unspecified atom stereocenters. The Morgan fingerprint density at radius 2 is 1.64 bits per heavy atom. The molecule has 0 spiro atoms. The van der Waals surface area contributed by atoms with E-state index in [1.165, 1.54) is 0 Å². The second kappa shape index (κ2) is 7.09. The molecule has 6 heteroatoms. The minimum absolute atomic E-state index is 0.00111. The SMILES string of the molecule is Cc1ccc(NC(=O)CCN2C(=O)c3cccc4cccc(c34)C2=O)cc1Cl. The van der Waals surface area contributed by atoms with E-state index in [0.717, 1.165) is 15.8 Å². The summed E-state index contributed by atoms with van der Waals surface area (Å²) < 4.78 is 0. The van der Waals surface area contributed by atoms with Crippen LogP contribution in [-0.4, -0.2) is 29.2 Å². The van der Waals surface area contributed by atoms with Crippen molar-refractivity contribution in [2.75, 3.05) is 11.9 Å². The molecule has 4 rings (SSSR count). The van der Waals surface area contributed by atoms with Crippen LogP contribution in [0.2, 0.25) is 5.02 Å². The van der Waals surface area contributed by atoms with Gasteiger partial charge in [-0.05, 0) is 42.1 Å². The fourth-order valence-electron chi connectivity index (χ4n) is 3.39. The predicted molar refractivity (Wildman–Crippen MR) is 109 cm³/mol. The lowest BCUT2D eigenvalue weighted by Gasteiger charge is -2.27. The fraction of sp³-hybridized carbons (Fsp3) is 0.136. The maximum atomic E-state index is 12.8. The van der Waals surface area contributed by atoms with Crippen LogP contribution in [0.3, 0.4) is 0 Å². The Morgan fingerprint density at radius 3 is 2.25 bits per heavy atom. The van der Waals surface area contributed by atoms with Gasteiger partial charge in [-0.1, -0.05) is 41.9 Å². The van der Waals surface area contributed by atoms with Gasteiger partial charge < -0.3 is 5.32 Å². The average Bonchev–Trinajstić information content (AvgIpc) is 2.68. The number of carbonyl (C=O) groups is 3. The molecule has 3 aromatic carbocycles. The van der Waals surface area contributed by atoms with Crippen LogP contribution in [0.4, 0.5) is 5.69 Å². The lowest BCUT2D eigenvalue weighted by Crippen LogP contribution is -2.41. The standard InChI is InChI=1S/C22H17ClN2O3/c1-13-8-9-15(12-18(13)23)24-19(26)10-11-25-21(27)16-6-2-4-14-5-3-7-17(20(14)16)22(25)28/h2-9,12H,10-11H2,1H3,(H,24,26). The average molecular weight is 393 g/mol. The number of hydrogen-bond acceptors (Lipinski definition) is 3. The van der Waals surface area contributed by atoms with E-state index in [4.69, 9.17) is 11.6 Å². The number of nitrogens with one attached hydrogen (secondary N) is 1. The molecule has 3 aromatic rings. The molecule has 0 aromatic heterocycles. The van der Waals surface area contributed by atoms with Crippen molar-refractivity contribution < 1.29 is 14.4 Å². The van der Waals surface area contributed by atoms with Crippen molar-refractivity contribution in [1.82, 2.24) is 4.90 Å². The van der Waals surface area contributed by atoms with Gasteiger partial charge in [0, 0.05) is 40.2 Å². The number of aryl methyl sites for hydroxylation is 1. The maximum absolute atomic E-state index is 12.8. The van der Waals surface area contributed by atoms with Crippen LogP contribution in [0.25, 0.3) is 10.8 Å². The highest BCUT2D eigenvalue weighted by atomic mass is 35.5. The smallest absolute Gasteiger partial charge is 0.261 e. The van der Waals surface area contributed by atoms with Gasteiger partial charge in [-0.2, -0.15) is 0 Å². The largest absolute Gasteiger partial charge is 0.326 e. The summed E-state index contributed by atoms with van der Waals surface area (Å²) in [6.45, 7) is 1.88. The molecule has 5 nitrogen and oxygen atoms in total. The molecule has 1 N–H and O–H groups in total. The first-order valence-electron chi connectivity index (χ1n) is 8.89. The summed E-state index contributed by atoms with van der Waals surface area (Å²) in [5.41, 5.74) is 2.46. The Labute approximate surface area is 166 Å². The maximum Gasteiger partial charge on any atom is 0.261 e. The van der Waals surface area contributed by atoms with E-state index in [0.29, 0.717) is 27.2 Å². The summed E-state index contributed by atoms with van der Waals surface area (Å²) in [7, 11) is 0. The first kappa shape index (κ1) is 18.2. The molecule has 1 heterocycles. The Bertz CT molecular complexity index is 1090. The van der Waals surface area contributed by atoms with Gasteiger partial charge in [0.25, 0.3) is 11.8 Å². The molecule has 0 atom stereocenters. The first-order valence-corrected chi connectivity index (χ1v) is 9.27. The van der Waals surface area contributed by atoms with E-state index in [1.807, 2.05) is 25.1 Å². The summed E-state index contributed by atoms with van der Waals surface area (Å²) in [5.74, 6) is -1.04. The Morgan fingerprint density at radius 1 is 1.00 bits per heavy atom. The fourth-order valence-corrected chi connectivity index (χ4v) is 3.57. The van der Waals surface area contributed by atoms with Gasteiger partial charge in [-0.3, -0.25) is 19.3 Å². The van der Waals surface area contributed by atoms with E-state index in [9.17, 15) is 14.4 Å². The van der Waals surface area contributed by atoms with Crippen LogP contribution in [0, 0.1) is 6.92 Å². The number of carbonyl (C=O) groups excluding carboxylic acids is 3. The van der Waals surface area contributed by atoms with E-state index in [-0.39, 0.29) is 30.7 Å². The van der Waals surface area contributed by atoms with Crippen molar-refractivity contribution in [2.45, 2.75) is 13.3 Å². The van der Waals surface area contributed by atoms with E-state index < -0.39 is 0 Å². The monoisotopic (exact) mass is 392 g/mol.